The van der Waals surface area contributed by atoms with Gasteiger partial charge >= 0.3 is 0 Å². The molecule has 0 spiro atoms. The Kier molecular flexibility index (Phi) is 6.70. The lowest BCUT2D eigenvalue weighted by molar-refractivity contribution is -0.129. The fourth-order valence-corrected chi connectivity index (χ4v) is 4.32. The summed E-state index contributed by atoms with van der Waals surface area (Å²) in [7, 11) is 0. The van der Waals surface area contributed by atoms with Crippen LogP contribution in [0.25, 0.3) is 5.69 Å². The third kappa shape index (κ3) is 5.08. The molecule has 4 rings (SSSR count). The summed E-state index contributed by atoms with van der Waals surface area (Å²) in [6, 6.07) is 13.8. The Labute approximate surface area is 191 Å². The first kappa shape index (κ1) is 21.8. The van der Waals surface area contributed by atoms with Gasteiger partial charge in [-0.3, -0.25) is 14.3 Å². The van der Waals surface area contributed by atoms with Crippen LogP contribution in [0.1, 0.15) is 28.3 Å². The maximum atomic E-state index is 13.2. The van der Waals surface area contributed by atoms with Gasteiger partial charge in [-0.1, -0.05) is 30.0 Å². The molecule has 0 unspecified atom stereocenters. The van der Waals surface area contributed by atoms with E-state index in [4.69, 9.17) is 4.42 Å². The summed E-state index contributed by atoms with van der Waals surface area (Å²) < 4.78 is 7.49. The third-order valence-electron chi connectivity index (χ3n) is 5.10. The number of carbonyl (C=O) groups is 1. The van der Waals surface area contributed by atoms with Crippen molar-refractivity contribution in [1.82, 2.24) is 24.6 Å². The molecule has 0 aliphatic heterocycles. The lowest BCUT2D eigenvalue weighted by Crippen LogP contribution is -2.31. The number of furan rings is 1. The predicted molar refractivity (Wildman–Crippen MR) is 123 cm³/mol. The second kappa shape index (κ2) is 9.82. The van der Waals surface area contributed by atoms with Crippen LogP contribution < -0.4 is 0 Å². The molecular formula is C24H25N5O2S. The maximum Gasteiger partial charge on any atom is 0.233 e. The molecule has 7 nitrogen and oxygen atoms in total. The van der Waals surface area contributed by atoms with Gasteiger partial charge in [0.1, 0.15) is 11.6 Å². The highest BCUT2D eigenvalue weighted by Crippen LogP contribution is 2.25. The van der Waals surface area contributed by atoms with Crippen LogP contribution in [0.15, 0.2) is 70.7 Å². The van der Waals surface area contributed by atoms with E-state index in [0.29, 0.717) is 18.2 Å². The fourth-order valence-electron chi connectivity index (χ4n) is 3.43. The van der Waals surface area contributed by atoms with Gasteiger partial charge in [0.05, 0.1) is 24.2 Å². The molecule has 0 aliphatic carbocycles. The molecule has 0 N–H and O–H groups in total. The van der Waals surface area contributed by atoms with Gasteiger partial charge in [0, 0.05) is 18.9 Å². The van der Waals surface area contributed by atoms with Crippen molar-refractivity contribution in [2.24, 2.45) is 0 Å². The second-order valence-electron chi connectivity index (χ2n) is 7.63. The summed E-state index contributed by atoms with van der Waals surface area (Å²) in [4.78, 5) is 19.1. The normalized spacial score (nSPS) is 11.0. The van der Waals surface area contributed by atoms with Crippen LogP contribution in [0, 0.1) is 20.8 Å². The van der Waals surface area contributed by atoms with Crippen molar-refractivity contribution in [2.45, 2.75) is 39.0 Å². The first-order chi connectivity index (χ1) is 15.5. The van der Waals surface area contributed by atoms with Crippen LogP contribution in [0.5, 0.6) is 0 Å². The Morgan fingerprint density at radius 3 is 2.72 bits per heavy atom. The molecule has 0 saturated carbocycles. The largest absolute Gasteiger partial charge is 0.467 e. The topological polar surface area (TPSA) is 77.1 Å². The molecule has 164 valence electrons. The molecule has 1 amide bonds. The summed E-state index contributed by atoms with van der Waals surface area (Å²) >= 11 is 1.39. The molecule has 0 saturated heterocycles. The number of aromatic nitrogens is 4. The quantitative estimate of drug-likeness (QED) is 0.370. The van der Waals surface area contributed by atoms with Crippen molar-refractivity contribution in [2.75, 3.05) is 5.75 Å². The van der Waals surface area contributed by atoms with E-state index >= 15 is 0 Å². The third-order valence-corrected chi connectivity index (χ3v) is 6.01. The minimum absolute atomic E-state index is 0.0107. The first-order valence-corrected chi connectivity index (χ1v) is 11.3. The number of benzene rings is 1. The average molecular weight is 448 g/mol. The van der Waals surface area contributed by atoms with Crippen LogP contribution in [-0.4, -0.2) is 36.3 Å². The van der Waals surface area contributed by atoms with Gasteiger partial charge in [-0.05, 0) is 61.7 Å². The van der Waals surface area contributed by atoms with E-state index in [-0.39, 0.29) is 11.7 Å². The Morgan fingerprint density at radius 1 is 1.09 bits per heavy atom. The summed E-state index contributed by atoms with van der Waals surface area (Å²) in [6.07, 6.45) is 5.11. The van der Waals surface area contributed by atoms with Gasteiger partial charge < -0.3 is 9.32 Å². The number of carbonyl (C=O) groups excluding carboxylic acids is 1. The Hall–Kier alpha value is -3.39. The number of aryl methyl sites for hydroxylation is 3. The molecule has 0 bridgehead atoms. The van der Waals surface area contributed by atoms with Gasteiger partial charge in [-0.15, -0.1) is 10.2 Å². The highest BCUT2D eigenvalue weighted by molar-refractivity contribution is 7.99. The van der Waals surface area contributed by atoms with Crippen LogP contribution >= 0.6 is 11.8 Å². The summed E-state index contributed by atoms with van der Waals surface area (Å²) in [5.41, 5.74) is 4.28. The van der Waals surface area contributed by atoms with Crippen LogP contribution in [0.4, 0.5) is 0 Å². The van der Waals surface area contributed by atoms with E-state index in [2.05, 4.69) is 47.2 Å². The van der Waals surface area contributed by atoms with Crippen LogP contribution in [0.3, 0.4) is 0 Å². The second-order valence-corrected chi connectivity index (χ2v) is 8.58. The minimum Gasteiger partial charge on any atom is -0.467 e. The molecule has 0 aliphatic rings. The van der Waals surface area contributed by atoms with E-state index in [1.54, 1.807) is 23.6 Å². The monoisotopic (exact) mass is 447 g/mol. The molecule has 8 heteroatoms. The molecule has 0 radical (unpaired) electrons. The van der Waals surface area contributed by atoms with E-state index in [1.165, 1.54) is 11.8 Å². The Morgan fingerprint density at radius 2 is 1.97 bits per heavy atom. The van der Waals surface area contributed by atoms with E-state index in [0.717, 1.165) is 34.0 Å². The Balaban J connectivity index is 1.53. The first-order valence-electron chi connectivity index (χ1n) is 10.3. The molecular weight excluding hydrogens is 422 g/mol. The lowest BCUT2D eigenvalue weighted by Gasteiger charge is -2.21. The van der Waals surface area contributed by atoms with Crippen LogP contribution in [0.2, 0.25) is 0 Å². The van der Waals surface area contributed by atoms with Crippen molar-refractivity contribution in [1.29, 1.82) is 0 Å². The highest BCUT2D eigenvalue weighted by atomic mass is 32.2. The molecule has 32 heavy (non-hydrogen) atoms. The summed E-state index contributed by atoms with van der Waals surface area (Å²) in [5.74, 6) is 1.76. The zero-order chi connectivity index (χ0) is 22.5. The zero-order valence-corrected chi connectivity index (χ0v) is 19.2. The fraction of sp³-hybridized carbons (Fsp3) is 0.250. The molecule has 1 aromatic carbocycles. The number of rotatable bonds is 8. The molecule has 0 atom stereocenters. The summed E-state index contributed by atoms with van der Waals surface area (Å²) in [6.45, 7) is 6.89. The minimum atomic E-state index is -0.0107. The molecule has 0 fully saturated rings. The number of hydrogen-bond acceptors (Lipinski definition) is 6. The number of hydrogen-bond donors (Lipinski definition) is 0. The Bertz CT molecular complexity index is 1190. The molecule has 4 aromatic rings. The summed E-state index contributed by atoms with van der Waals surface area (Å²) in [5, 5.41) is 9.29. The maximum absolute atomic E-state index is 13.2. The molecule has 3 heterocycles. The smallest absolute Gasteiger partial charge is 0.233 e. The number of thioether (sulfide) groups is 1. The van der Waals surface area contributed by atoms with E-state index < -0.39 is 0 Å². The highest BCUT2D eigenvalue weighted by Gasteiger charge is 2.20. The van der Waals surface area contributed by atoms with E-state index in [1.807, 2.05) is 35.8 Å². The van der Waals surface area contributed by atoms with Gasteiger partial charge in [0.25, 0.3) is 0 Å². The number of nitrogens with zero attached hydrogens (tertiary/aromatic N) is 5. The zero-order valence-electron chi connectivity index (χ0n) is 18.4. The van der Waals surface area contributed by atoms with Crippen molar-refractivity contribution < 1.29 is 9.21 Å². The predicted octanol–water partition coefficient (Wildman–Crippen LogP) is 4.50. The van der Waals surface area contributed by atoms with Gasteiger partial charge in [-0.2, -0.15) is 0 Å². The van der Waals surface area contributed by atoms with Crippen LogP contribution in [-0.2, 0) is 17.9 Å². The van der Waals surface area contributed by atoms with Crippen molar-refractivity contribution in [3.05, 3.63) is 89.4 Å². The van der Waals surface area contributed by atoms with Crippen molar-refractivity contribution >= 4 is 17.7 Å². The van der Waals surface area contributed by atoms with E-state index in [9.17, 15) is 4.79 Å². The SMILES string of the molecule is Cc1ccc(C)c(-n2c(C)nnc2SCC(=O)N(Cc2cccnc2)Cc2ccco2)c1. The molecule has 3 aromatic heterocycles. The van der Waals surface area contributed by atoms with Gasteiger partial charge in [-0.25, -0.2) is 0 Å². The van der Waals surface area contributed by atoms with Crippen molar-refractivity contribution in [3.63, 3.8) is 0 Å². The average Bonchev–Trinajstić information content (AvgIpc) is 3.43. The standard InChI is InChI=1S/C24H25N5O2S/c1-17-8-9-18(2)22(12-17)29-19(3)26-27-24(29)32-16-23(30)28(15-21-7-5-11-31-21)14-20-6-4-10-25-13-20/h4-13H,14-16H2,1-3H3. The van der Waals surface area contributed by atoms with Gasteiger partial charge in [0.2, 0.25) is 5.91 Å². The lowest BCUT2D eigenvalue weighted by atomic mass is 10.1. The van der Waals surface area contributed by atoms with Crippen molar-refractivity contribution in [3.8, 4) is 5.69 Å². The number of amides is 1. The number of pyridine rings is 1. The van der Waals surface area contributed by atoms with Gasteiger partial charge in [0.15, 0.2) is 5.16 Å².